The number of hydrogen-bond acceptors (Lipinski definition) is 3. The maximum absolute atomic E-state index is 12.5. The van der Waals surface area contributed by atoms with Crippen LogP contribution in [0.2, 0.25) is 0 Å². The van der Waals surface area contributed by atoms with Crippen molar-refractivity contribution in [3.63, 3.8) is 0 Å². The highest BCUT2D eigenvalue weighted by molar-refractivity contribution is 5.99. The maximum atomic E-state index is 12.5. The van der Waals surface area contributed by atoms with Crippen LogP contribution in [-0.2, 0) is 9.59 Å². The summed E-state index contributed by atoms with van der Waals surface area (Å²) >= 11 is 0. The Morgan fingerprint density at radius 1 is 1.00 bits per heavy atom. The lowest BCUT2D eigenvalue weighted by Gasteiger charge is -2.26. The van der Waals surface area contributed by atoms with Gasteiger partial charge in [-0.3, -0.25) is 14.4 Å². The molecule has 0 heterocycles. The van der Waals surface area contributed by atoms with Crippen LogP contribution in [0.3, 0.4) is 0 Å². The number of aliphatic carboxylic acids is 1. The molecule has 2 rings (SSSR count). The van der Waals surface area contributed by atoms with E-state index in [-0.39, 0.29) is 23.7 Å². The van der Waals surface area contributed by atoms with Crippen LogP contribution in [0.15, 0.2) is 12.1 Å². The minimum atomic E-state index is -0.741. The molecule has 0 spiro atoms. The number of Topliss-reactive ketones (excluding diaryl/α,β-unsaturated/α-hetero) is 1. The average Bonchev–Trinajstić information content (AvgIpc) is 2.54. The van der Waals surface area contributed by atoms with Gasteiger partial charge < -0.3 is 10.4 Å². The lowest BCUT2D eigenvalue weighted by molar-refractivity contribution is -0.142. The van der Waals surface area contributed by atoms with Crippen LogP contribution in [-0.4, -0.2) is 28.8 Å². The third kappa shape index (κ3) is 5.41. The first-order chi connectivity index (χ1) is 12.3. The Labute approximate surface area is 155 Å². The van der Waals surface area contributed by atoms with Crippen LogP contribution in [0.5, 0.6) is 0 Å². The fourth-order valence-electron chi connectivity index (χ4n) is 3.94. The number of carbonyl (C=O) groups excluding carboxylic acids is 2. The van der Waals surface area contributed by atoms with Crippen molar-refractivity contribution < 1.29 is 19.5 Å². The van der Waals surface area contributed by atoms with Gasteiger partial charge in [0.05, 0.1) is 5.92 Å². The summed E-state index contributed by atoms with van der Waals surface area (Å²) in [5.41, 5.74) is 3.91. The summed E-state index contributed by atoms with van der Waals surface area (Å²) in [5, 5.41) is 12.0. The molecule has 0 aromatic heterocycles. The molecule has 1 aromatic rings. The van der Waals surface area contributed by atoms with Crippen LogP contribution in [0.4, 0.5) is 0 Å². The van der Waals surface area contributed by atoms with E-state index in [1.165, 1.54) is 0 Å². The average molecular weight is 359 g/mol. The Kier molecular flexibility index (Phi) is 6.95. The number of amides is 1. The molecular formula is C21H29NO4. The van der Waals surface area contributed by atoms with Gasteiger partial charge in [-0.05, 0) is 64.0 Å². The zero-order valence-corrected chi connectivity index (χ0v) is 15.9. The van der Waals surface area contributed by atoms with Crippen molar-refractivity contribution in [2.24, 2.45) is 5.92 Å². The van der Waals surface area contributed by atoms with E-state index < -0.39 is 5.97 Å². The molecule has 5 heteroatoms. The normalized spacial score (nSPS) is 19.8. The number of nitrogens with one attached hydrogen (secondary N) is 1. The number of carbonyl (C=O) groups is 3. The molecule has 1 aliphatic carbocycles. The first kappa shape index (κ1) is 20.1. The second-order valence-electron chi connectivity index (χ2n) is 7.50. The number of aryl methyl sites for hydroxylation is 3. The highest BCUT2D eigenvalue weighted by atomic mass is 16.4. The molecule has 0 unspecified atom stereocenters. The van der Waals surface area contributed by atoms with Gasteiger partial charge in [0.2, 0.25) is 5.91 Å². The number of carboxylic acid groups (broad SMARTS) is 1. The topological polar surface area (TPSA) is 83.5 Å². The van der Waals surface area contributed by atoms with Crippen LogP contribution < -0.4 is 5.32 Å². The summed E-state index contributed by atoms with van der Waals surface area (Å²) in [4.78, 5) is 35.5. The molecule has 0 atom stereocenters. The Bertz CT molecular complexity index is 664. The minimum Gasteiger partial charge on any atom is -0.481 e. The molecule has 142 valence electrons. The first-order valence-corrected chi connectivity index (χ1v) is 9.41. The summed E-state index contributed by atoms with van der Waals surface area (Å²) < 4.78 is 0. The van der Waals surface area contributed by atoms with Crippen molar-refractivity contribution in [2.45, 2.75) is 71.8 Å². The molecule has 0 radical (unpaired) electrons. The van der Waals surface area contributed by atoms with Gasteiger partial charge in [-0.2, -0.15) is 0 Å². The summed E-state index contributed by atoms with van der Waals surface area (Å²) in [6, 6.07) is 4.09. The Morgan fingerprint density at radius 3 is 2.12 bits per heavy atom. The summed E-state index contributed by atoms with van der Waals surface area (Å²) in [6.45, 7) is 5.92. The molecular weight excluding hydrogens is 330 g/mol. The number of benzene rings is 1. The van der Waals surface area contributed by atoms with Gasteiger partial charge in [-0.15, -0.1) is 0 Å². The van der Waals surface area contributed by atoms with Gasteiger partial charge in [-0.1, -0.05) is 17.7 Å². The quantitative estimate of drug-likeness (QED) is 0.727. The largest absolute Gasteiger partial charge is 0.481 e. The van der Waals surface area contributed by atoms with Crippen molar-refractivity contribution in [1.82, 2.24) is 5.32 Å². The number of rotatable bonds is 7. The van der Waals surface area contributed by atoms with E-state index in [9.17, 15) is 14.4 Å². The molecule has 1 amide bonds. The third-order valence-corrected chi connectivity index (χ3v) is 5.21. The van der Waals surface area contributed by atoms with Gasteiger partial charge in [0.1, 0.15) is 0 Å². The highest BCUT2D eigenvalue weighted by Crippen LogP contribution is 2.24. The summed E-state index contributed by atoms with van der Waals surface area (Å²) in [6.07, 6.45) is 3.88. The van der Waals surface area contributed by atoms with E-state index in [0.717, 1.165) is 22.3 Å². The van der Waals surface area contributed by atoms with Crippen molar-refractivity contribution >= 4 is 17.7 Å². The fourth-order valence-corrected chi connectivity index (χ4v) is 3.94. The van der Waals surface area contributed by atoms with E-state index in [1.54, 1.807) is 0 Å². The van der Waals surface area contributed by atoms with E-state index in [1.807, 2.05) is 32.9 Å². The highest BCUT2D eigenvalue weighted by Gasteiger charge is 2.26. The van der Waals surface area contributed by atoms with Crippen molar-refractivity contribution in [1.29, 1.82) is 0 Å². The molecule has 1 aliphatic rings. The predicted octanol–water partition coefficient (Wildman–Crippen LogP) is 3.72. The number of ketones is 1. The number of hydrogen-bond donors (Lipinski definition) is 2. The van der Waals surface area contributed by atoms with Crippen LogP contribution in [0.25, 0.3) is 0 Å². The molecule has 0 aliphatic heterocycles. The van der Waals surface area contributed by atoms with E-state index in [4.69, 9.17) is 5.11 Å². The molecule has 5 nitrogen and oxygen atoms in total. The Balaban J connectivity index is 1.75. The minimum absolute atomic E-state index is 0.0473. The zero-order chi connectivity index (χ0) is 19.3. The van der Waals surface area contributed by atoms with Crippen LogP contribution in [0, 0.1) is 26.7 Å². The lowest BCUT2D eigenvalue weighted by atomic mass is 9.86. The monoisotopic (exact) mass is 359 g/mol. The van der Waals surface area contributed by atoms with E-state index in [0.29, 0.717) is 44.9 Å². The van der Waals surface area contributed by atoms with Gasteiger partial charge in [0.15, 0.2) is 5.78 Å². The van der Waals surface area contributed by atoms with Crippen molar-refractivity contribution in [3.8, 4) is 0 Å². The van der Waals surface area contributed by atoms with Crippen LogP contribution >= 0.6 is 0 Å². The second-order valence-corrected chi connectivity index (χ2v) is 7.50. The Hall–Kier alpha value is -2.17. The Morgan fingerprint density at radius 2 is 1.58 bits per heavy atom. The van der Waals surface area contributed by atoms with E-state index in [2.05, 4.69) is 5.32 Å². The second kappa shape index (κ2) is 8.97. The van der Waals surface area contributed by atoms with Gasteiger partial charge >= 0.3 is 5.97 Å². The molecule has 2 N–H and O–H groups in total. The molecule has 1 saturated carbocycles. The van der Waals surface area contributed by atoms with E-state index >= 15 is 0 Å². The molecule has 26 heavy (non-hydrogen) atoms. The predicted molar refractivity (Wildman–Crippen MR) is 100 cm³/mol. The first-order valence-electron chi connectivity index (χ1n) is 9.41. The number of carboxylic acids is 1. The van der Waals surface area contributed by atoms with Gasteiger partial charge in [-0.25, -0.2) is 0 Å². The third-order valence-electron chi connectivity index (χ3n) is 5.21. The molecule has 1 aromatic carbocycles. The molecule has 0 saturated heterocycles. The van der Waals surface area contributed by atoms with Crippen molar-refractivity contribution in [3.05, 3.63) is 34.4 Å². The zero-order valence-electron chi connectivity index (χ0n) is 15.9. The fraction of sp³-hybridized carbons (Fsp3) is 0.571. The van der Waals surface area contributed by atoms with Gasteiger partial charge in [0.25, 0.3) is 0 Å². The summed E-state index contributed by atoms with van der Waals surface area (Å²) in [7, 11) is 0. The smallest absolute Gasteiger partial charge is 0.306 e. The SMILES string of the molecule is Cc1cc(C)c(C(=O)CCCC(=O)NC2CCC(C(=O)O)CC2)c(C)c1. The van der Waals surface area contributed by atoms with Crippen molar-refractivity contribution in [2.75, 3.05) is 0 Å². The van der Waals surface area contributed by atoms with Gasteiger partial charge in [0, 0.05) is 24.4 Å². The van der Waals surface area contributed by atoms with Crippen LogP contribution in [0.1, 0.15) is 72.0 Å². The summed E-state index contributed by atoms with van der Waals surface area (Å²) in [5.74, 6) is -0.972. The maximum Gasteiger partial charge on any atom is 0.306 e. The molecule has 0 bridgehead atoms. The molecule has 1 fully saturated rings. The lowest BCUT2D eigenvalue weighted by Crippen LogP contribution is -2.38. The standard InChI is InChI=1S/C21H29NO4/c1-13-11-14(2)20(15(3)12-13)18(23)5-4-6-19(24)22-17-9-7-16(8-10-17)21(25)26/h11-12,16-17H,4-10H2,1-3H3,(H,22,24)(H,25,26).